The van der Waals surface area contributed by atoms with Gasteiger partial charge in [0.1, 0.15) is 4.21 Å². The van der Waals surface area contributed by atoms with Crippen molar-refractivity contribution < 1.29 is 13.2 Å². The van der Waals surface area contributed by atoms with Crippen LogP contribution in [0, 0.1) is 0 Å². The maximum Gasteiger partial charge on any atom is 0.250 e. The van der Waals surface area contributed by atoms with Crippen LogP contribution in [0.2, 0.25) is 0 Å². The molecular formula is C13H23ClN4O3S2. The van der Waals surface area contributed by atoms with Crippen molar-refractivity contribution >= 4 is 39.7 Å². The Kier molecular flexibility index (Phi) is 9.03. The number of carbonyl (C=O) groups is 1. The molecule has 7 nitrogen and oxygen atoms in total. The van der Waals surface area contributed by atoms with E-state index in [1.807, 2.05) is 0 Å². The van der Waals surface area contributed by atoms with E-state index in [9.17, 15) is 13.2 Å². The molecule has 2 heterocycles. The fourth-order valence-corrected chi connectivity index (χ4v) is 4.20. The predicted molar refractivity (Wildman–Crippen MR) is 93.7 cm³/mol. The highest BCUT2D eigenvalue weighted by atomic mass is 35.5. The summed E-state index contributed by atoms with van der Waals surface area (Å²) in [6.45, 7) is 5.37. The topological polar surface area (TPSA) is 90.5 Å². The third-order valence-electron chi connectivity index (χ3n) is 3.37. The van der Waals surface area contributed by atoms with Crippen LogP contribution in [-0.4, -0.2) is 65.0 Å². The summed E-state index contributed by atoms with van der Waals surface area (Å²) < 4.78 is 26.2. The van der Waals surface area contributed by atoms with Crippen LogP contribution in [0.25, 0.3) is 0 Å². The van der Waals surface area contributed by atoms with E-state index in [1.54, 1.807) is 11.4 Å². The third-order valence-corrected chi connectivity index (χ3v) is 6.16. The molecule has 1 saturated heterocycles. The zero-order valence-electron chi connectivity index (χ0n) is 12.8. The summed E-state index contributed by atoms with van der Waals surface area (Å²) in [4.78, 5) is 14.0. The van der Waals surface area contributed by atoms with Gasteiger partial charge in [0, 0.05) is 32.7 Å². The minimum atomic E-state index is -3.57. The summed E-state index contributed by atoms with van der Waals surface area (Å²) in [7, 11) is -3.57. The molecule has 10 heteroatoms. The molecule has 0 aliphatic carbocycles. The normalized spacial score (nSPS) is 15.8. The lowest BCUT2D eigenvalue weighted by Crippen LogP contribution is -2.44. The standard InChI is InChI=1S/C13H22N4O3S2.ClH/c18-12(11-16-22(19,20)13-3-1-10-21-13)15-4-2-7-17-8-5-14-6-9-17;/h1,3,10,14,16H,2,4-9,11H2,(H,15,18);1H. The second kappa shape index (κ2) is 10.2. The fourth-order valence-electron chi connectivity index (χ4n) is 2.18. The van der Waals surface area contributed by atoms with Gasteiger partial charge in [-0.05, 0) is 24.4 Å². The molecule has 0 radical (unpaired) electrons. The van der Waals surface area contributed by atoms with Crippen molar-refractivity contribution in [3.8, 4) is 0 Å². The van der Waals surface area contributed by atoms with E-state index in [0.717, 1.165) is 50.5 Å². The van der Waals surface area contributed by atoms with Crippen molar-refractivity contribution in [3.63, 3.8) is 0 Å². The Morgan fingerprint density at radius 3 is 2.74 bits per heavy atom. The number of rotatable bonds is 8. The lowest BCUT2D eigenvalue weighted by atomic mass is 10.3. The second-order valence-corrected chi connectivity index (χ2v) is 7.99. The smallest absolute Gasteiger partial charge is 0.250 e. The first-order chi connectivity index (χ1) is 10.6. The molecule has 1 aliphatic rings. The molecule has 3 N–H and O–H groups in total. The number of piperazine rings is 1. The van der Waals surface area contributed by atoms with Crippen LogP contribution in [0.5, 0.6) is 0 Å². The Bertz CT molecular complexity index is 560. The van der Waals surface area contributed by atoms with Gasteiger partial charge in [0.15, 0.2) is 0 Å². The molecule has 0 spiro atoms. The lowest BCUT2D eigenvalue weighted by Gasteiger charge is -2.27. The van der Waals surface area contributed by atoms with Gasteiger partial charge in [-0.1, -0.05) is 6.07 Å². The number of hydrogen-bond acceptors (Lipinski definition) is 6. The summed E-state index contributed by atoms with van der Waals surface area (Å²) >= 11 is 1.13. The average molecular weight is 383 g/mol. The second-order valence-electron chi connectivity index (χ2n) is 5.05. The summed E-state index contributed by atoms with van der Waals surface area (Å²) in [5.74, 6) is -0.305. The van der Waals surface area contributed by atoms with Gasteiger partial charge in [-0.25, -0.2) is 13.1 Å². The molecule has 0 atom stereocenters. The average Bonchev–Trinajstić information content (AvgIpc) is 3.06. The SMILES string of the molecule is Cl.O=C(CNS(=O)(=O)c1cccs1)NCCCN1CCNCC1. The van der Waals surface area contributed by atoms with Gasteiger partial charge in [0.05, 0.1) is 6.54 Å². The molecule has 1 fully saturated rings. The van der Waals surface area contributed by atoms with E-state index >= 15 is 0 Å². The van der Waals surface area contributed by atoms with Gasteiger partial charge in [0.25, 0.3) is 10.0 Å². The molecule has 1 amide bonds. The maximum absolute atomic E-state index is 11.8. The van der Waals surface area contributed by atoms with Gasteiger partial charge in [-0.2, -0.15) is 0 Å². The van der Waals surface area contributed by atoms with Crippen molar-refractivity contribution in [3.05, 3.63) is 17.5 Å². The van der Waals surface area contributed by atoms with Gasteiger partial charge < -0.3 is 15.5 Å². The van der Waals surface area contributed by atoms with Crippen LogP contribution in [-0.2, 0) is 14.8 Å². The maximum atomic E-state index is 11.8. The molecule has 0 saturated carbocycles. The molecule has 0 bridgehead atoms. The summed E-state index contributed by atoms with van der Waals surface area (Å²) in [5, 5.41) is 7.71. The number of amides is 1. The lowest BCUT2D eigenvalue weighted by molar-refractivity contribution is -0.119. The first-order valence-electron chi connectivity index (χ1n) is 7.31. The number of halogens is 1. The Morgan fingerprint density at radius 1 is 1.35 bits per heavy atom. The van der Waals surface area contributed by atoms with E-state index in [-0.39, 0.29) is 29.1 Å². The van der Waals surface area contributed by atoms with Crippen molar-refractivity contribution in [2.75, 3.05) is 45.8 Å². The van der Waals surface area contributed by atoms with Crippen molar-refractivity contribution in [1.82, 2.24) is 20.3 Å². The van der Waals surface area contributed by atoms with E-state index in [0.29, 0.717) is 6.54 Å². The summed E-state index contributed by atoms with van der Waals surface area (Å²) in [6.07, 6.45) is 0.864. The van der Waals surface area contributed by atoms with Crippen LogP contribution < -0.4 is 15.4 Å². The minimum absolute atomic E-state index is 0. The van der Waals surface area contributed by atoms with E-state index in [1.165, 1.54) is 6.07 Å². The van der Waals surface area contributed by atoms with Crippen molar-refractivity contribution in [1.29, 1.82) is 0 Å². The van der Waals surface area contributed by atoms with Crippen LogP contribution >= 0.6 is 23.7 Å². The minimum Gasteiger partial charge on any atom is -0.355 e. The number of sulfonamides is 1. The molecular weight excluding hydrogens is 360 g/mol. The summed E-state index contributed by atoms with van der Waals surface area (Å²) in [6, 6.07) is 3.17. The highest BCUT2D eigenvalue weighted by molar-refractivity contribution is 7.91. The molecule has 2 rings (SSSR count). The van der Waals surface area contributed by atoms with Crippen LogP contribution in [0.4, 0.5) is 0 Å². The zero-order chi connectivity index (χ0) is 15.8. The molecule has 0 aromatic carbocycles. The number of carbonyl (C=O) groups excluding carboxylic acids is 1. The number of nitrogens with one attached hydrogen (secondary N) is 3. The number of hydrogen-bond donors (Lipinski definition) is 3. The van der Waals surface area contributed by atoms with Gasteiger partial charge in [-0.3, -0.25) is 4.79 Å². The largest absolute Gasteiger partial charge is 0.355 e. The predicted octanol–water partition coefficient (Wildman–Crippen LogP) is -0.140. The summed E-state index contributed by atoms with van der Waals surface area (Å²) in [5.41, 5.74) is 0. The van der Waals surface area contributed by atoms with Gasteiger partial charge in [-0.15, -0.1) is 23.7 Å². The number of nitrogens with zero attached hydrogens (tertiary/aromatic N) is 1. The van der Waals surface area contributed by atoms with Crippen LogP contribution in [0.15, 0.2) is 21.7 Å². The number of thiophene rings is 1. The van der Waals surface area contributed by atoms with E-state index in [4.69, 9.17) is 0 Å². The zero-order valence-corrected chi connectivity index (χ0v) is 15.2. The Labute approximate surface area is 147 Å². The molecule has 1 aliphatic heterocycles. The van der Waals surface area contributed by atoms with Crippen molar-refractivity contribution in [2.45, 2.75) is 10.6 Å². The van der Waals surface area contributed by atoms with Gasteiger partial charge in [0.2, 0.25) is 5.91 Å². The van der Waals surface area contributed by atoms with E-state index < -0.39 is 10.0 Å². The third kappa shape index (κ3) is 7.15. The Hall–Kier alpha value is -0.710. The highest BCUT2D eigenvalue weighted by Crippen LogP contribution is 2.14. The molecule has 23 heavy (non-hydrogen) atoms. The van der Waals surface area contributed by atoms with Gasteiger partial charge >= 0.3 is 0 Å². The quantitative estimate of drug-likeness (QED) is 0.544. The van der Waals surface area contributed by atoms with Crippen LogP contribution in [0.3, 0.4) is 0 Å². The first kappa shape index (κ1) is 20.3. The fraction of sp³-hybridized carbons (Fsp3) is 0.615. The molecule has 1 aromatic rings. The monoisotopic (exact) mass is 382 g/mol. The van der Waals surface area contributed by atoms with E-state index in [2.05, 4.69) is 20.3 Å². The molecule has 1 aromatic heterocycles. The Balaban J connectivity index is 0.00000264. The molecule has 0 unspecified atom stereocenters. The Morgan fingerprint density at radius 2 is 2.09 bits per heavy atom. The van der Waals surface area contributed by atoms with Crippen LogP contribution in [0.1, 0.15) is 6.42 Å². The highest BCUT2D eigenvalue weighted by Gasteiger charge is 2.16. The molecule has 132 valence electrons. The first-order valence-corrected chi connectivity index (χ1v) is 9.67. The van der Waals surface area contributed by atoms with Crippen molar-refractivity contribution in [2.24, 2.45) is 0 Å².